The number of esters is 1. The number of halogens is 1. The minimum atomic E-state index is -1.25. The van der Waals surface area contributed by atoms with E-state index in [4.69, 9.17) is 22.1 Å². The summed E-state index contributed by atoms with van der Waals surface area (Å²) in [6.07, 6.45) is 10.8. The monoisotopic (exact) mass is 863 g/mol. The fraction of sp³-hybridized carbons (Fsp3) is 0.765. The highest BCUT2D eigenvalue weighted by atomic mass is 35.5. The summed E-state index contributed by atoms with van der Waals surface area (Å²) >= 11 is 6.07. The number of benzene rings is 1. The predicted octanol–water partition coefficient (Wildman–Crippen LogP) is 9.80. The van der Waals surface area contributed by atoms with Crippen molar-refractivity contribution in [1.82, 2.24) is 10.6 Å². The van der Waals surface area contributed by atoms with Crippen LogP contribution < -0.4 is 16.4 Å². The first kappa shape index (κ1) is 44.8. The average Bonchev–Trinajstić information content (AvgIpc) is 3.49. The Kier molecular flexibility index (Phi) is 12.3. The Morgan fingerprint density at radius 2 is 1.62 bits per heavy atom. The Morgan fingerprint density at radius 3 is 2.26 bits per heavy atom. The fourth-order valence-corrected chi connectivity index (χ4v) is 15.2. The number of carboxylic acids is 1. The third kappa shape index (κ3) is 7.64. The van der Waals surface area contributed by atoms with Crippen LogP contribution >= 0.6 is 11.6 Å². The van der Waals surface area contributed by atoms with Crippen molar-refractivity contribution in [2.75, 3.05) is 19.6 Å². The van der Waals surface area contributed by atoms with Gasteiger partial charge >= 0.3 is 11.9 Å². The second-order valence-electron chi connectivity index (χ2n) is 22.6. The van der Waals surface area contributed by atoms with Gasteiger partial charge in [-0.2, -0.15) is 0 Å². The number of rotatable bonds is 14. The highest BCUT2D eigenvalue weighted by Crippen LogP contribution is 2.77. The maximum atomic E-state index is 14.2. The van der Waals surface area contributed by atoms with Crippen LogP contribution in [-0.2, 0) is 19.1 Å². The molecule has 61 heavy (non-hydrogen) atoms. The maximum Gasteiger partial charge on any atom is 0.309 e. The van der Waals surface area contributed by atoms with Crippen molar-refractivity contribution in [3.63, 3.8) is 0 Å². The van der Waals surface area contributed by atoms with Crippen molar-refractivity contribution in [3.05, 3.63) is 46.0 Å². The lowest BCUT2D eigenvalue weighted by Gasteiger charge is -2.72. The molecule has 0 bridgehead atoms. The number of Topliss-reactive ketones (excluding diaryl/α,β-unsaturated/α-hetero) is 1. The van der Waals surface area contributed by atoms with E-state index in [0.29, 0.717) is 72.9 Å². The Balaban J connectivity index is 1.07. The molecule has 1 aromatic carbocycles. The number of nitrogens with two attached hydrogens (primary N) is 1. The summed E-state index contributed by atoms with van der Waals surface area (Å²) in [5.74, 6) is -0.607. The number of ether oxygens (including phenoxy) is 1. The quantitative estimate of drug-likeness (QED) is 0.107. The molecular formula is C51H76ClN3O6. The van der Waals surface area contributed by atoms with Crippen molar-refractivity contribution in [3.8, 4) is 0 Å². The highest BCUT2D eigenvalue weighted by molar-refractivity contribution is 6.30. The van der Waals surface area contributed by atoms with Gasteiger partial charge in [-0.3, -0.25) is 19.2 Å². The molecule has 0 aromatic heterocycles. The van der Waals surface area contributed by atoms with E-state index in [9.17, 15) is 25.7 Å². The molecule has 5 N–H and O–H groups in total. The van der Waals surface area contributed by atoms with Gasteiger partial charge in [0.25, 0.3) is 5.91 Å². The van der Waals surface area contributed by atoms with E-state index < -0.39 is 23.3 Å². The summed E-state index contributed by atoms with van der Waals surface area (Å²) in [7, 11) is 0. The number of allylic oxidation sites excluding steroid dienone is 2. The van der Waals surface area contributed by atoms with E-state index in [1.807, 2.05) is 13.8 Å². The number of hydrogen-bond acceptors (Lipinski definition) is 7. The molecule has 1 amide bonds. The lowest BCUT2D eigenvalue weighted by Crippen LogP contribution is -2.66. The standard InChI is InChI=1S/C51H76ClN3O6/c1-30(2)41-37(56)28-51(24-26-54-29-33(11-10-25-53)55-43(57)31-12-14-32(52)15-13-31)23-22-49(8)34(42(41)51)16-17-39-48(7)20-19-40(47(5,6)38(48)18-21-50(39,49)9)61-45(60)36-27-35(44(58)59)46(36,3)4/h12-15,30,33-36,38-40,54H,10-11,16-29,53H2,1-9H3,(H,55,57)(H,58,59)/t33?,34-,35+,36-,38+,39-,40+,48+,49-,50-,51-/m1/s1/i33D. The van der Waals surface area contributed by atoms with E-state index in [0.717, 1.165) is 63.4 Å². The normalized spacial score (nSPS) is 38.5. The third-order valence-corrected chi connectivity index (χ3v) is 19.1. The zero-order valence-corrected chi connectivity index (χ0v) is 39.4. The van der Waals surface area contributed by atoms with Crippen molar-refractivity contribution in [1.29, 1.82) is 0 Å². The molecule has 6 aliphatic rings. The van der Waals surface area contributed by atoms with E-state index in [-0.39, 0.29) is 63.4 Å². The van der Waals surface area contributed by atoms with Gasteiger partial charge in [0.05, 0.1) is 13.2 Å². The Hall–Kier alpha value is -2.75. The molecule has 5 saturated carbocycles. The molecule has 0 spiro atoms. The fourth-order valence-electron chi connectivity index (χ4n) is 15.1. The molecule has 9 nitrogen and oxygen atoms in total. The molecule has 0 aliphatic heterocycles. The van der Waals surface area contributed by atoms with Crippen molar-refractivity contribution in [2.45, 2.75) is 158 Å². The van der Waals surface area contributed by atoms with Crippen molar-refractivity contribution in [2.24, 2.45) is 73.7 Å². The van der Waals surface area contributed by atoms with Gasteiger partial charge in [-0.15, -0.1) is 0 Å². The summed E-state index contributed by atoms with van der Waals surface area (Å²) in [6, 6.07) is 5.45. The smallest absolute Gasteiger partial charge is 0.309 e. The zero-order valence-electron chi connectivity index (χ0n) is 39.6. The first-order valence-electron chi connectivity index (χ1n) is 24.1. The minimum Gasteiger partial charge on any atom is -0.481 e. The number of hydrogen-bond donors (Lipinski definition) is 4. The Labute approximate surface area is 372 Å². The first-order valence-corrected chi connectivity index (χ1v) is 24.0. The SMILES string of the molecule is [2H]C(CCCN)(CNCC[C@@]12CC[C@]3(C)[C@H](CC[C@@H]4[C@@]5(C)CC[C@H](OC(=O)[C@H]6C[C@@H](C(=O)O)C6(C)C)C(C)(C)[C@@H]5CC[C@]43C)C1=C(C(C)C)C(=O)C2)NC(=O)c1ccc(Cl)cc1. The number of carbonyl (C=O) groups excluding carboxylic acids is 3. The number of carboxylic acid groups (broad SMARTS) is 1. The summed E-state index contributed by atoms with van der Waals surface area (Å²) in [6.45, 7) is 21.9. The van der Waals surface area contributed by atoms with Crippen LogP contribution in [0.5, 0.6) is 0 Å². The van der Waals surface area contributed by atoms with Crippen LogP contribution in [0.15, 0.2) is 35.4 Å². The molecule has 10 heteroatoms. The molecule has 1 unspecified atom stereocenters. The molecule has 0 heterocycles. The number of nitrogens with one attached hydrogen (secondary N) is 2. The number of fused-ring (bicyclic) bond motifs is 7. The van der Waals surface area contributed by atoms with Crippen molar-refractivity contribution < 1.29 is 30.4 Å². The second kappa shape index (κ2) is 16.7. The number of ketones is 1. The molecule has 5 fully saturated rings. The van der Waals surface area contributed by atoms with Crippen LogP contribution in [0.25, 0.3) is 0 Å². The predicted molar refractivity (Wildman–Crippen MR) is 241 cm³/mol. The summed E-state index contributed by atoms with van der Waals surface area (Å²) < 4.78 is 15.8. The van der Waals surface area contributed by atoms with E-state index in [1.165, 1.54) is 5.57 Å². The Morgan fingerprint density at radius 1 is 0.918 bits per heavy atom. The lowest BCUT2D eigenvalue weighted by molar-refractivity contribution is -0.236. The first-order chi connectivity index (χ1) is 28.9. The molecule has 11 atom stereocenters. The summed E-state index contributed by atoms with van der Waals surface area (Å²) in [5, 5.41) is 16.8. The molecule has 338 valence electrons. The van der Waals surface area contributed by atoms with Gasteiger partial charge < -0.3 is 26.2 Å². The van der Waals surface area contributed by atoms with E-state index in [1.54, 1.807) is 24.3 Å². The van der Waals surface area contributed by atoms with Gasteiger partial charge in [-0.25, -0.2) is 0 Å². The molecule has 1 aromatic rings. The van der Waals surface area contributed by atoms with Crippen LogP contribution in [0.4, 0.5) is 0 Å². The summed E-state index contributed by atoms with van der Waals surface area (Å²) in [5.41, 5.74) is 7.97. The van der Waals surface area contributed by atoms with Crippen LogP contribution in [0.1, 0.15) is 158 Å². The van der Waals surface area contributed by atoms with Crippen LogP contribution in [-0.4, -0.2) is 60.5 Å². The average molecular weight is 864 g/mol. The van der Waals surface area contributed by atoms with Crippen LogP contribution in [0.3, 0.4) is 0 Å². The minimum absolute atomic E-state index is 0.0232. The highest BCUT2D eigenvalue weighted by Gasteiger charge is 2.70. The van der Waals surface area contributed by atoms with Crippen molar-refractivity contribution >= 4 is 35.2 Å². The number of carbonyl (C=O) groups is 4. The van der Waals surface area contributed by atoms with Gasteiger partial charge in [0.2, 0.25) is 0 Å². The topological polar surface area (TPSA) is 148 Å². The summed E-state index contributed by atoms with van der Waals surface area (Å²) in [4.78, 5) is 53.0. The maximum absolute atomic E-state index is 14.2. The van der Waals surface area contributed by atoms with Gasteiger partial charge in [0.15, 0.2) is 5.78 Å². The zero-order chi connectivity index (χ0) is 45.4. The second-order valence-corrected chi connectivity index (χ2v) is 23.1. The molecule has 0 saturated heterocycles. The van der Waals surface area contributed by atoms with Crippen LogP contribution in [0.2, 0.25) is 5.02 Å². The van der Waals surface area contributed by atoms with Gasteiger partial charge in [0.1, 0.15) is 6.10 Å². The van der Waals surface area contributed by atoms with Crippen LogP contribution in [0, 0.1) is 68.0 Å². The Bertz CT molecular complexity index is 1970. The molecule has 6 aliphatic carbocycles. The molecule has 7 rings (SSSR count). The lowest BCUT2D eigenvalue weighted by atomic mass is 9.33. The van der Waals surface area contributed by atoms with E-state index in [2.05, 4.69) is 59.1 Å². The number of aliphatic carboxylic acids is 1. The van der Waals surface area contributed by atoms with Gasteiger partial charge in [-0.05, 0) is 165 Å². The third-order valence-electron chi connectivity index (χ3n) is 18.8. The van der Waals surface area contributed by atoms with Gasteiger partial charge in [-0.1, -0.05) is 79.5 Å². The van der Waals surface area contributed by atoms with E-state index >= 15 is 0 Å². The number of amides is 1. The molecule has 0 radical (unpaired) electrons. The largest absolute Gasteiger partial charge is 0.481 e. The molecular weight excluding hydrogens is 786 g/mol. The van der Waals surface area contributed by atoms with Gasteiger partial charge in [0, 0.05) is 40.4 Å².